The quantitative estimate of drug-likeness (QED) is 0.544. The molecule has 1 heterocycles. The van der Waals surface area contributed by atoms with Crippen molar-refractivity contribution in [3.8, 4) is 0 Å². The number of methoxy groups -OCH3 is 1. The molecule has 0 radical (unpaired) electrons. The van der Waals surface area contributed by atoms with Crippen molar-refractivity contribution in [1.82, 2.24) is 9.21 Å². The fourth-order valence-corrected chi connectivity index (χ4v) is 4.95. The highest BCUT2D eigenvalue weighted by atomic mass is 32.2. The lowest BCUT2D eigenvalue weighted by atomic mass is 10.1. The number of benzene rings is 1. The van der Waals surface area contributed by atoms with Gasteiger partial charge in [-0.2, -0.15) is 4.31 Å². The summed E-state index contributed by atoms with van der Waals surface area (Å²) in [7, 11) is -1.86. The first-order valence-electron chi connectivity index (χ1n) is 8.63. The minimum atomic E-state index is -3.55. The highest BCUT2D eigenvalue weighted by Crippen LogP contribution is 2.23. The summed E-state index contributed by atoms with van der Waals surface area (Å²) in [6.07, 6.45) is 0.935. The maximum absolute atomic E-state index is 12.9. The molecule has 25 heavy (non-hydrogen) atoms. The van der Waals surface area contributed by atoms with Crippen LogP contribution in [0.1, 0.15) is 37.6 Å². The van der Waals surface area contributed by atoms with E-state index in [2.05, 4.69) is 18.7 Å². The molecule has 2 rings (SSSR count). The average molecular weight is 368 g/mol. The third kappa shape index (κ3) is 4.67. The van der Waals surface area contributed by atoms with Crippen molar-refractivity contribution < 1.29 is 17.9 Å². The number of ketones is 1. The lowest BCUT2D eigenvalue weighted by Crippen LogP contribution is -2.58. The lowest BCUT2D eigenvalue weighted by molar-refractivity contribution is 0.0666. The summed E-state index contributed by atoms with van der Waals surface area (Å²) in [5, 5.41) is 0. The summed E-state index contributed by atoms with van der Waals surface area (Å²) in [5.74, 6) is -0.0733. The van der Waals surface area contributed by atoms with Gasteiger partial charge in [0.05, 0.1) is 4.90 Å². The molecular formula is C18H28N2O4S. The molecule has 2 unspecified atom stereocenters. The Balaban J connectivity index is 2.11. The molecule has 0 aromatic heterocycles. The Morgan fingerprint density at radius 1 is 1.16 bits per heavy atom. The van der Waals surface area contributed by atoms with Crippen molar-refractivity contribution in [3.05, 3.63) is 29.8 Å². The molecule has 0 bridgehead atoms. The zero-order valence-corrected chi connectivity index (χ0v) is 16.3. The topological polar surface area (TPSA) is 66.9 Å². The maximum atomic E-state index is 12.9. The molecule has 1 saturated heterocycles. The number of hydrogen-bond donors (Lipinski definition) is 0. The molecular weight excluding hydrogens is 340 g/mol. The first-order chi connectivity index (χ1) is 11.8. The van der Waals surface area contributed by atoms with E-state index in [9.17, 15) is 13.2 Å². The number of piperazine rings is 1. The van der Waals surface area contributed by atoms with Crippen molar-refractivity contribution in [2.24, 2.45) is 0 Å². The summed E-state index contributed by atoms with van der Waals surface area (Å²) in [6, 6.07) is 6.48. The van der Waals surface area contributed by atoms with Gasteiger partial charge in [0.1, 0.15) is 0 Å². The first kappa shape index (κ1) is 20.0. The highest BCUT2D eigenvalue weighted by Gasteiger charge is 2.35. The third-order valence-corrected chi connectivity index (χ3v) is 6.58. The monoisotopic (exact) mass is 368 g/mol. The molecule has 1 aromatic rings. The molecule has 0 spiro atoms. The van der Waals surface area contributed by atoms with Crippen LogP contribution in [-0.4, -0.2) is 68.8 Å². The van der Waals surface area contributed by atoms with Crippen LogP contribution in [-0.2, 0) is 14.8 Å². The molecule has 2 atom stereocenters. The fraction of sp³-hybridized carbons (Fsp3) is 0.611. The van der Waals surface area contributed by atoms with Gasteiger partial charge >= 0.3 is 0 Å². The number of sulfonamides is 1. The van der Waals surface area contributed by atoms with Crippen LogP contribution >= 0.6 is 0 Å². The van der Waals surface area contributed by atoms with E-state index < -0.39 is 10.0 Å². The Morgan fingerprint density at radius 2 is 1.72 bits per heavy atom. The van der Waals surface area contributed by atoms with Crippen molar-refractivity contribution in [1.29, 1.82) is 0 Å². The molecule has 0 aliphatic carbocycles. The predicted molar refractivity (Wildman–Crippen MR) is 97.3 cm³/mol. The summed E-state index contributed by atoms with van der Waals surface area (Å²) < 4.78 is 32.5. The van der Waals surface area contributed by atoms with Crippen molar-refractivity contribution >= 4 is 15.8 Å². The molecule has 1 aromatic carbocycles. The molecule has 140 valence electrons. The lowest BCUT2D eigenvalue weighted by Gasteiger charge is -2.43. The minimum Gasteiger partial charge on any atom is -0.385 e. The molecule has 7 heteroatoms. The van der Waals surface area contributed by atoms with Crippen LogP contribution in [0.4, 0.5) is 0 Å². The van der Waals surface area contributed by atoms with Crippen LogP contribution in [0.5, 0.6) is 0 Å². The van der Waals surface area contributed by atoms with Crippen LogP contribution in [0.3, 0.4) is 0 Å². The van der Waals surface area contributed by atoms with Crippen LogP contribution < -0.4 is 0 Å². The van der Waals surface area contributed by atoms with Crippen LogP contribution in [0.25, 0.3) is 0 Å². The summed E-state index contributed by atoms with van der Waals surface area (Å²) in [5.41, 5.74) is 0.517. The Bertz CT molecular complexity index is 676. The van der Waals surface area contributed by atoms with Crippen molar-refractivity contribution in [2.75, 3.05) is 33.4 Å². The largest absolute Gasteiger partial charge is 0.385 e. The van der Waals surface area contributed by atoms with Gasteiger partial charge in [0, 0.05) is 51.0 Å². The van der Waals surface area contributed by atoms with E-state index in [1.54, 1.807) is 23.5 Å². The van der Waals surface area contributed by atoms with E-state index in [4.69, 9.17) is 4.74 Å². The maximum Gasteiger partial charge on any atom is 0.243 e. The number of nitrogens with zero attached hydrogens (tertiary/aromatic N) is 2. The van der Waals surface area contributed by atoms with Gasteiger partial charge in [-0.15, -0.1) is 0 Å². The van der Waals surface area contributed by atoms with Crippen LogP contribution in [0, 0.1) is 0 Å². The van der Waals surface area contributed by atoms with E-state index in [0.717, 1.165) is 13.0 Å². The van der Waals surface area contributed by atoms with Gasteiger partial charge in [-0.3, -0.25) is 9.69 Å². The van der Waals surface area contributed by atoms with Gasteiger partial charge in [0.15, 0.2) is 5.78 Å². The van der Waals surface area contributed by atoms with Crippen molar-refractivity contribution in [3.63, 3.8) is 0 Å². The van der Waals surface area contributed by atoms with E-state index in [0.29, 0.717) is 25.3 Å². The standard InChI is InChI=1S/C18H28N2O4S/c1-14-12-19(13-15(2)20(14)10-5-11-24-4)25(22,23)18-8-6-17(7-9-18)16(3)21/h6-9,14-15H,5,10-13H2,1-4H3. The molecule has 1 aliphatic rings. The first-order valence-corrected chi connectivity index (χ1v) is 10.1. The molecule has 0 N–H and O–H groups in total. The van der Waals surface area contributed by atoms with E-state index in [1.807, 2.05) is 0 Å². The van der Waals surface area contributed by atoms with Crippen LogP contribution in [0.15, 0.2) is 29.2 Å². The van der Waals surface area contributed by atoms with E-state index in [1.165, 1.54) is 19.1 Å². The Kier molecular flexibility index (Phi) is 6.73. The van der Waals surface area contributed by atoms with E-state index >= 15 is 0 Å². The molecule has 0 amide bonds. The van der Waals surface area contributed by atoms with Gasteiger partial charge in [-0.25, -0.2) is 8.42 Å². The van der Waals surface area contributed by atoms with Gasteiger partial charge in [-0.05, 0) is 39.3 Å². The molecule has 6 nitrogen and oxygen atoms in total. The normalized spacial score (nSPS) is 22.9. The second-order valence-electron chi connectivity index (χ2n) is 6.68. The van der Waals surface area contributed by atoms with Gasteiger partial charge < -0.3 is 4.74 Å². The zero-order valence-electron chi connectivity index (χ0n) is 15.4. The van der Waals surface area contributed by atoms with Gasteiger partial charge in [0.25, 0.3) is 0 Å². The molecule has 0 saturated carbocycles. The Hall–Kier alpha value is -1.28. The fourth-order valence-electron chi connectivity index (χ4n) is 3.35. The molecule has 1 fully saturated rings. The number of Topliss-reactive ketones (excluding diaryl/α,β-unsaturated/α-hetero) is 1. The van der Waals surface area contributed by atoms with Gasteiger partial charge in [-0.1, -0.05) is 12.1 Å². The summed E-state index contributed by atoms with van der Waals surface area (Å²) in [6.45, 7) is 8.13. The molecule has 1 aliphatic heterocycles. The number of hydrogen-bond acceptors (Lipinski definition) is 5. The predicted octanol–water partition coefficient (Wildman–Crippen LogP) is 2.01. The number of rotatable bonds is 7. The second kappa shape index (κ2) is 8.40. The third-order valence-electron chi connectivity index (χ3n) is 4.73. The second-order valence-corrected chi connectivity index (χ2v) is 8.62. The summed E-state index contributed by atoms with van der Waals surface area (Å²) in [4.78, 5) is 13.9. The van der Waals surface area contributed by atoms with Crippen LogP contribution in [0.2, 0.25) is 0 Å². The number of carbonyl (C=O) groups excluding carboxylic acids is 1. The Labute approximate surface area is 150 Å². The smallest absolute Gasteiger partial charge is 0.243 e. The zero-order chi connectivity index (χ0) is 18.6. The minimum absolute atomic E-state index is 0.0733. The van der Waals surface area contributed by atoms with Gasteiger partial charge in [0.2, 0.25) is 10.0 Å². The number of carbonyl (C=O) groups is 1. The number of ether oxygens (including phenoxy) is 1. The average Bonchev–Trinajstić information content (AvgIpc) is 2.57. The SMILES string of the molecule is COCCCN1C(C)CN(S(=O)(=O)c2ccc(C(C)=O)cc2)CC1C. The van der Waals surface area contributed by atoms with E-state index in [-0.39, 0.29) is 22.8 Å². The van der Waals surface area contributed by atoms with Crippen molar-refractivity contribution in [2.45, 2.75) is 44.2 Å². The highest BCUT2D eigenvalue weighted by molar-refractivity contribution is 7.89. The summed E-state index contributed by atoms with van der Waals surface area (Å²) >= 11 is 0. The Morgan fingerprint density at radius 3 is 2.20 bits per heavy atom.